The lowest BCUT2D eigenvalue weighted by Crippen LogP contribution is -2.52. The number of carbonyl (C=O) groups excluding carboxylic acids is 1. The number of rotatable bonds is 4. The van der Waals surface area contributed by atoms with Gasteiger partial charge < -0.3 is 10.2 Å². The number of nitrogens with one attached hydrogen (secondary N) is 1. The molecule has 3 aromatic rings. The lowest BCUT2D eigenvalue weighted by molar-refractivity contribution is -0.140. The van der Waals surface area contributed by atoms with Gasteiger partial charge in [0.15, 0.2) is 5.82 Å². The van der Waals surface area contributed by atoms with Gasteiger partial charge in [-0.3, -0.25) is 4.79 Å². The van der Waals surface area contributed by atoms with E-state index < -0.39 is 29.4 Å². The largest absolute Gasteiger partial charge is 0.419 e. The van der Waals surface area contributed by atoms with Gasteiger partial charge in [0.25, 0.3) is 0 Å². The zero-order valence-corrected chi connectivity index (χ0v) is 14.6. The van der Waals surface area contributed by atoms with Crippen LogP contribution >= 0.6 is 0 Å². The van der Waals surface area contributed by atoms with E-state index in [0.29, 0.717) is 36.9 Å². The fourth-order valence-corrected chi connectivity index (χ4v) is 2.86. The molecule has 1 amide bonds. The molecule has 0 aliphatic carbocycles. The van der Waals surface area contributed by atoms with Crippen LogP contribution in [-0.2, 0) is 11.0 Å². The average Bonchev–Trinajstić information content (AvgIpc) is 3.16. The fraction of sp³-hybridized carbons (Fsp3) is 0.235. The normalized spacial score (nSPS) is 14.6. The van der Waals surface area contributed by atoms with Crippen LogP contribution in [0.5, 0.6) is 0 Å². The summed E-state index contributed by atoms with van der Waals surface area (Å²) in [7, 11) is 0. The summed E-state index contributed by atoms with van der Waals surface area (Å²) in [6.07, 6.45) is -0.633. The minimum Gasteiger partial charge on any atom is -0.355 e. The Hall–Kier alpha value is -3.57. The molecule has 0 saturated carbocycles. The number of anilines is 2. The number of hydrogen-bond acceptors (Lipinski definition) is 6. The highest BCUT2D eigenvalue weighted by atomic mass is 19.4. The van der Waals surface area contributed by atoms with Crippen molar-refractivity contribution in [2.45, 2.75) is 6.18 Å². The van der Waals surface area contributed by atoms with Crippen molar-refractivity contribution in [2.24, 2.45) is 5.92 Å². The van der Waals surface area contributed by atoms with Gasteiger partial charge in [0.05, 0.1) is 11.5 Å². The molecule has 0 unspecified atom stereocenters. The SMILES string of the molecule is O=C(Nc1ccc(F)c(C(F)(F)F)c1)C1CN(c2cc(-n3cncn3)ncn2)C1. The number of nitrogens with zero attached hydrogens (tertiary/aromatic N) is 6. The number of alkyl halides is 3. The monoisotopic (exact) mass is 407 g/mol. The quantitative estimate of drug-likeness (QED) is 0.668. The summed E-state index contributed by atoms with van der Waals surface area (Å²) in [5.74, 6) is -1.20. The first kappa shape index (κ1) is 18.8. The lowest BCUT2D eigenvalue weighted by atomic mass is 9.99. The molecule has 1 aromatic carbocycles. The van der Waals surface area contributed by atoms with Gasteiger partial charge in [-0.05, 0) is 18.2 Å². The highest BCUT2D eigenvalue weighted by molar-refractivity contribution is 5.94. The number of amides is 1. The number of aromatic nitrogens is 5. The van der Waals surface area contributed by atoms with Crippen molar-refractivity contribution in [3.8, 4) is 5.82 Å². The van der Waals surface area contributed by atoms with Crippen LogP contribution in [0.25, 0.3) is 5.82 Å². The predicted octanol–water partition coefficient (Wildman–Crippen LogP) is 2.29. The third-order valence-electron chi connectivity index (χ3n) is 4.41. The first-order valence-corrected chi connectivity index (χ1v) is 8.41. The maximum absolute atomic E-state index is 13.4. The summed E-state index contributed by atoms with van der Waals surface area (Å²) in [4.78, 5) is 26.2. The van der Waals surface area contributed by atoms with Crippen LogP contribution in [0.1, 0.15) is 5.56 Å². The van der Waals surface area contributed by atoms with Gasteiger partial charge in [0, 0.05) is 24.8 Å². The number of hydrogen-bond donors (Lipinski definition) is 1. The molecule has 0 spiro atoms. The van der Waals surface area contributed by atoms with E-state index in [1.54, 1.807) is 6.07 Å². The molecule has 8 nitrogen and oxygen atoms in total. The van der Waals surface area contributed by atoms with E-state index in [9.17, 15) is 22.4 Å². The van der Waals surface area contributed by atoms with E-state index in [1.807, 2.05) is 4.90 Å². The summed E-state index contributed by atoms with van der Waals surface area (Å²) in [6, 6.07) is 4.03. The predicted molar refractivity (Wildman–Crippen MR) is 92.7 cm³/mol. The topological polar surface area (TPSA) is 88.8 Å². The molecule has 29 heavy (non-hydrogen) atoms. The Balaban J connectivity index is 1.39. The number of carbonyl (C=O) groups is 1. The fourth-order valence-electron chi connectivity index (χ4n) is 2.86. The van der Waals surface area contributed by atoms with Crippen molar-refractivity contribution >= 4 is 17.4 Å². The van der Waals surface area contributed by atoms with Crippen LogP contribution < -0.4 is 10.2 Å². The van der Waals surface area contributed by atoms with Crippen LogP contribution in [0.2, 0.25) is 0 Å². The van der Waals surface area contributed by atoms with Crippen molar-refractivity contribution < 1.29 is 22.4 Å². The Morgan fingerprint density at radius 2 is 1.86 bits per heavy atom. The van der Waals surface area contributed by atoms with E-state index in [1.165, 1.54) is 23.7 Å². The summed E-state index contributed by atoms with van der Waals surface area (Å²) in [5, 5.41) is 6.38. The molecule has 1 aliphatic rings. The second kappa shape index (κ2) is 7.11. The Bertz CT molecular complexity index is 1030. The van der Waals surface area contributed by atoms with Gasteiger partial charge in [-0.1, -0.05) is 0 Å². The summed E-state index contributed by atoms with van der Waals surface area (Å²) >= 11 is 0. The molecule has 1 aliphatic heterocycles. The van der Waals surface area contributed by atoms with E-state index in [2.05, 4.69) is 25.4 Å². The lowest BCUT2D eigenvalue weighted by Gasteiger charge is -2.39. The molecule has 4 rings (SSSR count). The molecule has 1 saturated heterocycles. The summed E-state index contributed by atoms with van der Waals surface area (Å²) in [5.41, 5.74) is -1.54. The van der Waals surface area contributed by atoms with Crippen LogP contribution in [0.3, 0.4) is 0 Å². The zero-order chi connectivity index (χ0) is 20.6. The molecule has 2 aromatic heterocycles. The van der Waals surface area contributed by atoms with Crippen molar-refractivity contribution in [3.05, 3.63) is 54.6 Å². The highest BCUT2D eigenvalue weighted by Gasteiger charge is 2.36. The number of benzene rings is 1. The smallest absolute Gasteiger partial charge is 0.355 e. The van der Waals surface area contributed by atoms with Crippen LogP contribution in [0.4, 0.5) is 29.1 Å². The molecule has 1 fully saturated rings. The van der Waals surface area contributed by atoms with Crippen molar-refractivity contribution in [3.63, 3.8) is 0 Å². The molecular weight excluding hydrogens is 394 g/mol. The Labute approximate surface area is 161 Å². The van der Waals surface area contributed by atoms with Gasteiger partial charge in [0.1, 0.15) is 30.6 Å². The van der Waals surface area contributed by atoms with Crippen molar-refractivity contribution in [1.29, 1.82) is 0 Å². The summed E-state index contributed by atoms with van der Waals surface area (Å²) in [6.45, 7) is 0.653. The van der Waals surface area contributed by atoms with Crippen LogP contribution in [0, 0.1) is 11.7 Å². The molecule has 1 N–H and O–H groups in total. The first-order chi connectivity index (χ1) is 13.8. The third kappa shape index (κ3) is 3.86. The van der Waals surface area contributed by atoms with E-state index >= 15 is 0 Å². The maximum Gasteiger partial charge on any atom is 0.419 e. The third-order valence-corrected chi connectivity index (χ3v) is 4.41. The molecule has 12 heteroatoms. The zero-order valence-electron chi connectivity index (χ0n) is 14.6. The highest BCUT2D eigenvalue weighted by Crippen LogP contribution is 2.33. The van der Waals surface area contributed by atoms with Crippen LogP contribution in [-0.4, -0.2) is 43.7 Å². The Morgan fingerprint density at radius 1 is 1.10 bits per heavy atom. The average molecular weight is 407 g/mol. The van der Waals surface area contributed by atoms with Gasteiger partial charge in [-0.2, -0.15) is 18.3 Å². The second-order valence-electron chi connectivity index (χ2n) is 6.36. The van der Waals surface area contributed by atoms with Gasteiger partial charge in [-0.15, -0.1) is 0 Å². The van der Waals surface area contributed by atoms with Gasteiger partial charge in [0.2, 0.25) is 5.91 Å². The molecule has 0 radical (unpaired) electrons. The minimum absolute atomic E-state index is 0.113. The molecule has 0 atom stereocenters. The number of halogens is 4. The second-order valence-corrected chi connectivity index (χ2v) is 6.36. The van der Waals surface area contributed by atoms with E-state index in [4.69, 9.17) is 0 Å². The van der Waals surface area contributed by atoms with Gasteiger partial charge in [-0.25, -0.2) is 24.0 Å². The Morgan fingerprint density at radius 3 is 2.55 bits per heavy atom. The Kier molecular flexibility index (Phi) is 4.60. The molecular formula is C17H13F4N7O. The van der Waals surface area contributed by atoms with Crippen molar-refractivity contribution in [2.75, 3.05) is 23.3 Å². The standard InChI is InChI=1S/C17H13F4N7O/c18-13-2-1-11(3-12(13)17(19,20)21)26-16(29)10-5-27(6-10)14-4-15(24-8-23-14)28-9-22-7-25-28/h1-4,7-10H,5-6H2,(H,26,29). The molecule has 150 valence electrons. The van der Waals surface area contributed by atoms with E-state index in [-0.39, 0.29) is 5.69 Å². The maximum atomic E-state index is 13.4. The minimum atomic E-state index is -4.84. The van der Waals surface area contributed by atoms with E-state index in [0.717, 1.165) is 6.07 Å². The summed E-state index contributed by atoms with van der Waals surface area (Å²) < 4.78 is 53.2. The van der Waals surface area contributed by atoms with Crippen molar-refractivity contribution in [1.82, 2.24) is 24.7 Å². The van der Waals surface area contributed by atoms with Gasteiger partial charge >= 0.3 is 6.18 Å². The molecule has 0 bridgehead atoms. The van der Waals surface area contributed by atoms with Crippen LogP contribution in [0.15, 0.2) is 43.2 Å². The first-order valence-electron chi connectivity index (χ1n) is 8.41. The molecule has 3 heterocycles.